The van der Waals surface area contributed by atoms with Crippen LogP contribution in [0.1, 0.15) is 17.3 Å². The van der Waals surface area contributed by atoms with Gasteiger partial charge in [-0.15, -0.1) is 0 Å². The predicted molar refractivity (Wildman–Crippen MR) is 121 cm³/mol. The number of sulfonamides is 1. The number of amides is 1. The molecule has 0 bridgehead atoms. The molecule has 8 nitrogen and oxygen atoms in total. The highest BCUT2D eigenvalue weighted by molar-refractivity contribution is 7.89. The molecule has 4 rings (SSSR count). The molecule has 0 unspecified atom stereocenters. The SMILES string of the molecule is CCOc1ccc(S(=O)(=O)N2CCN(C(=O)c3cn[nH]c3-c3ccc(Cl)cc3)CC2)cc1. The normalized spacial score (nSPS) is 15.0. The Morgan fingerprint density at radius 2 is 1.72 bits per heavy atom. The molecule has 1 saturated heterocycles. The van der Waals surface area contributed by atoms with Crippen molar-refractivity contribution >= 4 is 27.5 Å². The third-order valence-corrected chi connectivity index (χ3v) is 7.47. The van der Waals surface area contributed by atoms with Crippen molar-refractivity contribution in [3.63, 3.8) is 0 Å². The largest absolute Gasteiger partial charge is 0.494 e. The van der Waals surface area contributed by atoms with Crippen LogP contribution in [0.25, 0.3) is 11.3 Å². The third kappa shape index (κ3) is 4.50. The number of nitrogens with one attached hydrogen (secondary N) is 1. The van der Waals surface area contributed by atoms with Crippen molar-refractivity contribution in [2.45, 2.75) is 11.8 Å². The molecule has 1 aliphatic rings. The number of nitrogens with zero attached hydrogens (tertiary/aromatic N) is 3. The molecule has 1 aromatic heterocycles. The molecule has 1 aliphatic heterocycles. The molecule has 2 heterocycles. The molecule has 1 fully saturated rings. The lowest BCUT2D eigenvalue weighted by Crippen LogP contribution is -2.50. The topological polar surface area (TPSA) is 95.6 Å². The summed E-state index contributed by atoms with van der Waals surface area (Å²) < 4.78 is 32.7. The number of piperazine rings is 1. The molecule has 0 aliphatic carbocycles. The molecule has 10 heteroatoms. The number of aromatic nitrogens is 2. The molecule has 0 atom stereocenters. The van der Waals surface area contributed by atoms with Crippen molar-refractivity contribution in [2.24, 2.45) is 0 Å². The van der Waals surface area contributed by atoms with Gasteiger partial charge in [-0.25, -0.2) is 8.42 Å². The minimum atomic E-state index is -3.64. The number of hydrogen-bond acceptors (Lipinski definition) is 5. The van der Waals surface area contributed by atoms with Crippen LogP contribution in [0.2, 0.25) is 5.02 Å². The van der Waals surface area contributed by atoms with Crippen molar-refractivity contribution in [1.82, 2.24) is 19.4 Å². The van der Waals surface area contributed by atoms with Gasteiger partial charge in [0.25, 0.3) is 5.91 Å². The standard InChI is InChI=1S/C22H23ClN4O4S/c1-2-31-18-7-9-19(10-8-18)32(29,30)27-13-11-26(12-14-27)22(28)20-15-24-25-21(20)16-3-5-17(23)6-4-16/h3-10,15H,2,11-14H2,1H3,(H,24,25). The zero-order valence-corrected chi connectivity index (χ0v) is 19.1. The number of halogens is 1. The average molecular weight is 475 g/mol. The van der Waals surface area contributed by atoms with Crippen LogP contribution in [0.15, 0.2) is 59.6 Å². The minimum absolute atomic E-state index is 0.193. The number of ether oxygens (including phenoxy) is 1. The van der Waals surface area contributed by atoms with E-state index in [0.29, 0.717) is 41.7 Å². The molecule has 0 spiro atoms. The molecular formula is C22H23ClN4O4S. The van der Waals surface area contributed by atoms with Gasteiger partial charge in [0, 0.05) is 36.8 Å². The van der Waals surface area contributed by atoms with Crippen molar-refractivity contribution in [3.8, 4) is 17.0 Å². The summed E-state index contributed by atoms with van der Waals surface area (Å²) in [5, 5.41) is 7.50. The van der Waals surface area contributed by atoms with Gasteiger partial charge in [-0.3, -0.25) is 9.89 Å². The van der Waals surface area contributed by atoms with Crippen molar-refractivity contribution in [1.29, 1.82) is 0 Å². The smallest absolute Gasteiger partial charge is 0.257 e. The van der Waals surface area contributed by atoms with E-state index in [1.165, 1.54) is 10.5 Å². The highest BCUT2D eigenvalue weighted by atomic mass is 35.5. The Balaban J connectivity index is 1.44. The fourth-order valence-electron chi connectivity index (χ4n) is 3.61. The first kappa shape index (κ1) is 22.3. The monoisotopic (exact) mass is 474 g/mol. The second kappa shape index (κ2) is 9.32. The van der Waals surface area contributed by atoms with Crippen molar-refractivity contribution < 1.29 is 17.9 Å². The third-order valence-electron chi connectivity index (χ3n) is 5.30. The van der Waals surface area contributed by atoms with Crippen LogP contribution in [0, 0.1) is 0 Å². The number of aromatic amines is 1. The van der Waals surface area contributed by atoms with Crippen LogP contribution < -0.4 is 4.74 Å². The first-order valence-corrected chi connectivity index (χ1v) is 12.0. The lowest BCUT2D eigenvalue weighted by Gasteiger charge is -2.34. The van der Waals surface area contributed by atoms with Crippen LogP contribution >= 0.6 is 11.6 Å². The van der Waals surface area contributed by atoms with E-state index < -0.39 is 10.0 Å². The Kier molecular flexibility index (Phi) is 6.50. The van der Waals surface area contributed by atoms with E-state index in [4.69, 9.17) is 16.3 Å². The lowest BCUT2D eigenvalue weighted by atomic mass is 10.1. The van der Waals surface area contributed by atoms with Gasteiger partial charge in [-0.1, -0.05) is 23.7 Å². The van der Waals surface area contributed by atoms with E-state index in [1.54, 1.807) is 41.3 Å². The second-order valence-corrected chi connectivity index (χ2v) is 9.64. The maximum atomic E-state index is 13.1. The number of benzene rings is 2. The van der Waals surface area contributed by atoms with E-state index in [9.17, 15) is 13.2 Å². The van der Waals surface area contributed by atoms with Crippen LogP contribution in [-0.2, 0) is 10.0 Å². The average Bonchev–Trinajstić information content (AvgIpc) is 3.30. The molecule has 2 aromatic carbocycles. The summed E-state index contributed by atoms with van der Waals surface area (Å²) in [7, 11) is -3.64. The summed E-state index contributed by atoms with van der Waals surface area (Å²) in [6.07, 6.45) is 1.50. The molecular weight excluding hydrogens is 452 g/mol. The van der Waals surface area contributed by atoms with Gasteiger partial charge in [0.2, 0.25) is 10.0 Å². The number of hydrogen-bond donors (Lipinski definition) is 1. The lowest BCUT2D eigenvalue weighted by molar-refractivity contribution is 0.0698. The summed E-state index contributed by atoms with van der Waals surface area (Å²) in [4.78, 5) is 15.0. The van der Waals surface area contributed by atoms with Gasteiger partial charge in [0.15, 0.2) is 0 Å². The Bertz CT molecular complexity index is 1190. The van der Waals surface area contributed by atoms with Crippen LogP contribution in [0.3, 0.4) is 0 Å². The van der Waals surface area contributed by atoms with E-state index in [1.807, 2.05) is 19.1 Å². The Hall–Kier alpha value is -2.88. The first-order valence-electron chi connectivity index (χ1n) is 10.2. The van der Waals surface area contributed by atoms with Gasteiger partial charge in [-0.05, 0) is 43.3 Å². The number of carbonyl (C=O) groups excluding carboxylic acids is 1. The van der Waals surface area contributed by atoms with Gasteiger partial charge in [-0.2, -0.15) is 9.40 Å². The number of rotatable bonds is 6. The van der Waals surface area contributed by atoms with E-state index in [0.717, 1.165) is 5.56 Å². The maximum Gasteiger partial charge on any atom is 0.257 e. The van der Waals surface area contributed by atoms with E-state index in [-0.39, 0.29) is 23.9 Å². The molecule has 168 valence electrons. The zero-order chi connectivity index (χ0) is 22.7. The highest BCUT2D eigenvalue weighted by Crippen LogP contribution is 2.25. The van der Waals surface area contributed by atoms with Gasteiger partial charge < -0.3 is 9.64 Å². The van der Waals surface area contributed by atoms with Crippen LogP contribution in [-0.4, -0.2) is 66.5 Å². The van der Waals surface area contributed by atoms with Crippen molar-refractivity contribution in [3.05, 3.63) is 65.3 Å². The van der Waals surface area contributed by atoms with Gasteiger partial charge in [0.1, 0.15) is 5.75 Å². The molecule has 3 aromatic rings. The predicted octanol–water partition coefficient (Wildman–Crippen LogP) is 3.28. The fourth-order valence-corrected chi connectivity index (χ4v) is 5.16. The Morgan fingerprint density at radius 1 is 1.06 bits per heavy atom. The number of carbonyl (C=O) groups is 1. The van der Waals surface area contributed by atoms with E-state index in [2.05, 4.69) is 10.2 Å². The van der Waals surface area contributed by atoms with Crippen LogP contribution in [0.5, 0.6) is 5.75 Å². The van der Waals surface area contributed by atoms with Crippen molar-refractivity contribution in [2.75, 3.05) is 32.8 Å². The molecule has 32 heavy (non-hydrogen) atoms. The fraction of sp³-hybridized carbons (Fsp3) is 0.273. The number of H-pyrrole nitrogens is 1. The van der Waals surface area contributed by atoms with Gasteiger partial charge in [0.05, 0.1) is 29.0 Å². The zero-order valence-electron chi connectivity index (χ0n) is 17.5. The highest BCUT2D eigenvalue weighted by Gasteiger charge is 2.31. The quantitative estimate of drug-likeness (QED) is 0.591. The van der Waals surface area contributed by atoms with E-state index >= 15 is 0 Å². The summed E-state index contributed by atoms with van der Waals surface area (Å²) in [5.41, 5.74) is 1.85. The Labute approximate surface area is 191 Å². The minimum Gasteiger partial charge on any atom is -0.494 e. The summed E-state index contributed by atoms with van der Waals surface area (Å²) in [6, 6.07) is 13.5. The second-order valence-electron chi connectivity index (χ2n) is 7.27. The molecule has 0 radical (unpaired) electrons. The summed E-state index contributed by atoms with van der Waals surface area (Å²) in [6.45, 7) is 3.40. The Morgan fingerprint density at radius 3 is 2.34 bits per heavy atom. The van der Waals surface area contributed by atoms with Gasteiger partial charge >= 0.3 is 0 Å². The first-order chi connectivity index (χ1) is 15.4. The molecule has 0 saturated carbocycles. The summed E-state index contributed by atoms with van der Waals surface area (Å²) in [5.74, 6) is 0.431. The summed E-state index contributed by atoms with van der Waals surface area (Å²) >= 11 is 5.95. The van der Waals surface area contributed by atoms with Crippen LogP contribution in [0.4, 0.5) is 0 Å². The molecule has 1 N–H and O–H groups in total. The maximum absolute atomic E-state index is 13.1. The molecule has 1 amide bonds.